The van der Waals surface area contributed by atoms with E-state index in [1.165, 1.54) is 4.90 Å². The van der Waals surface area contributed by atoms with E-state index in [4.69, 9.17) is 16.9 Å². The van der Waals surface area contributed by atoms with Crippen molar-refractivity contribution in [2.24, 2.45) is 4.99 Å². The van der Waals surface area contributed by atoms with Gasteiger partial charge in [-0.15, -0.1) is 0 Å². The highest BCUT2D eigenvalue weighted by atomic mass is 79.9. The highest BCUT2D eigenvalue weighted by molar-refractivity contribution is 9.10. The third-order valence-corrected chi connectivity index (χ3v) is 2.82. The zero-order chi connectivity index (χ0) is 10.1. The normalized spacial score (nSPS) is 14.4. The average Bonchev–Trinajstić information content (AvgIpc) is 2.20. The van der Waals surface area contributed by atoms with Gasteiger partial charge in [0.1, 0.15) is 11.8 Å². The Morgan fingerprint density at radius 3 is 3.07 bits per heavy atom. The second kappa shape index (κ2) is 3.60. The van der Waals surface area contributed by atoms with Crippen molar-refractivity contribution in [2.75, 3.05) is 6.67 Å². The summed E-state index contributed by atoms with van der Waals surface area (Å²) in [6, 6.07) is 5.62. The van der Waals surface area contributed by atoms with Gasteiger partial charge in [0.15, 0.2) is 6.19 Å². The highest BCUT2D eigenvalue weighted by Gasteiger charge is 2.11. The monoisotopic (exact) mass is 269 g/mol. The largest absolute Gasteiger partial charge is 0.262 e. The Hall–Kier alpha value is -1.05. The van der Waals surface area contributed by atoms with Crippen molar-refractivity contribution >= 4 is 32.7 Å². The fraction of sp³-hybridized carbons (Fsp3) is 0.111. The first kappa shape index (κ1) is 9.50. The van der Waals surface area contributed by atoms with Gasteiger partial charge >= 0.3 is 0 Å². The van der Waals surface area contributed by atoms with Gasteiger partial charge in [0.2, 0.25) is 0 Å². The molecule has 0 unspecified atom stereocenters. The van der Waals surface area contributed by atoms with E-state index in [-0.39, 0.29) is 0 Å². The van der Waals surface area contributed by atoms with Gasteiger partial charge in [-0.25, -0.2) is 4.90 Å². The van der Waals surface area contributed by atoms with Crippen LogP contribution in [0.2, 0.25) is 0 Å². The van der Waals surface area contributed by atoms with Crippen LogP contribution in [0, 0.1) is 11.5 Å². The van der Waals surface area contributed by atoms with E-state index in [1.807, 2.05) is 24.4 Å². The molecule has 0 radical (unpaired) electrons. The fourth-order valence-electron chi connectivity index (χ4n) is 1.24. The highest BCUT2D eigenvalue weighted by Crippen LogP contribution is 2.10. The molecule has 0 aliphatic carbocycles. The Morgan fingerprint density at radius 1 is 1.57 bits per heavy atom. The summed E-state index contributed by atoms with van der Waals surface area (Å²) in [7, 11) is 0. The van der Waals surface area contributed by atoms with E-state index in [0.717, 1.165) is 15.0 Å². The van der Waals surface area contributed by atoms with Crippen molar-refractivity contribution in [1.82, 2.24) is 4.90 Å². The lowest BCUT2D eigenvalue weighted by Gasteiger charge is -2.14. The molecule has 1 aromatic carbocycles. The quantitative estimate of drug-likeness (QED) is 0.524. The van der Waals surface area contributed by atoms with Crippen molar-refractivity contribution in [3.63, 3.8) is 0 Å². The Kier molecular flexibility index (Phi) is 2.44. The first-order valence-corrected chi connectivity index (χ1v) is 5.06. The lowest BCUT2D eigenvalue weighted by Crippen LogP contribution is -2.36. The number of hydrogen-bond acceptors (Lipinski definition) is 3. The van der Waals surface area contributed by atoms with Crippen LogP contribution in [0.5, 0.6) is 0 Å². The van der Waals surface area contributed by atoms with Gasteiger partial charge in [0.05, 0.1) is 5.36 Å². The third kappa shape index (κ3) is 1.49. The zero-order valence-electron chi connectivity index (χ0n) is 7.04. The van der Waals surface area contributed by atoms with Gasteiger partial charge in [0, 0.05) is 9.69 Å². The maximum Gasteiger partial charge on any atom is 0.186 e. The van der Waals surface area contributed by atoms with Crippen LogP contribution in [-0.2, 0) is 0 Å². The molecule has 0 saturated heterocycles. The summed E-state index contributed by atoms with van der Waals surface area (Å²) in [5, 5.41) is 10.8. The average molecular weight is 271 g/mol. The number of nitriles is 1. The second-order valence-electron chi connectivity index (χ2n) is 2.78. The topological polar surface area (TPSA) is 39.4 Å². The van der Waals surface area contributed by atoms with Crippen molar-refractivity contribution in [3.8, 4) is 6.19 Å². The van der Waals surface area contributed by atoms with Gasteiger partial charge in [-0.2, -0.15) is 5.26 Å². The maximum absolute atomic E-state index is 8.76. The molecule has 70 valence electrons. The summed E-state index contributed by atoms with van der Waals surface area (Å²) < 4.78 is 0.921. The van der Waals surface area contributed by atoms with Gasteiger partial charge in [-0.05, 0) is 18.2 Å². The molecule has 0 saturated carbocycles. The minimum absolute atomic E-state index is 0.296. The molecule has 14 heavy (non-hydrogen) atoms. The van der Waals surface area contributed by atoms with E-state index in [2.05, 4.69) is 20.9 Å². The van der Waals surface area contributed by atoms with Gasteiger partial charge in [0.25, 0.3) is 0 Å². The lowest BCUT2D eigenvalue weighted by atomic mass is 10.3. The van der Waals surface area contributed by atoms with Crippen molar-refractivity contribution in [1.29, 1.82) is 5.26 Å². The van der Waals surface area contributed by atoms with Crippen molar-refractivity contribution in [3.05, 3.63) is 33.2 Å². The molecule has 0 N–H and O–H groups in total. The molecule has 1 aliphatic rings. The number of halogens is 2. The summed E-state index contributed by atoms with van der Waals surface area (Å²) in [5.74, 6) is 0. The fourth-order valence-corrected chi connectivity index (χ4v) is 1.84. The Balaban J connectivity index is 2.79. The first-order chi connectivity index (χ1) is 6.72. The lowest BCUT2D eigenvalue weighted by molar-refractivity contribution is 0.556. The van der Waals surface area contributed by atoms with Gasteiger partial charge in [-0.3, -0.25) is 4.99 Å². The molecule has 0 atom stereocenters. The summed E-state index contributed by atoms with van der Waals surface area (Å²) in [6.45, 7) is 0.296. The predicted molar refractivity (Wildman–Crippen MR) is 56.5 cm³/mol. The predicted octanol–water partition coefficient (Wildman–Crippen LogP) is 1.13. The van der Waals surface area contributed by atoms with Crippen LogP contribution in [0.1, 0.15) is 0 Å². The molecule has 5 heteroatoms. The Labute approximate surface area is 94.0 Å². The maximum atomic E-state index is 8.76. The molecule has 0 amide bonds. The molecular formula is C9H5BrClN3. The van der Waals surface area contributed by atoms with E-state index in [0.29, 0.717) is 11.8 Å². The van der Waals surface area contributed by atoms with Crippen LogP contribution in [0.25, 0.3) is 5.16 Å². The van der Waals surface area contributed by atoms with Crippen LogP contribution in [0.3, 0.4) is 0 Å². The van der Waals surface area contributed by atoms with Crippen LogP contribution < -0.4 is 10.6 Å². The molecule has 0 fully saturated rings. The standard InChI is InChI=1S/C9H5BrClN3/c10-6-1-2-8-7(3-6)9(11)14(4-12)5-13-8/h1-3H,5H2. The van der Waals surface area contributed by atoms with Crippen LogP contribution >= 0.6 is 27.5 Å². The number of nitrogens with zero attached hydrogens (tertiary/aromatic N) is 3. The van der Waals surface area contributed by atoms with Gasteiger partial charge < -0.3 is 0 Å². The summed E-state index contributed by atoms with van der Waals surface area (Å²) in [6.07, 6.45) is 1.97. The van der Waals surface area contributed by atoms with Crippen LogP contribution in [0.4, 0.5) is 0 Å². The Morgan fingerprint density at radius 2 is 2.36 bits per heavy atom. The zero-order valence-corrected chi connectivity index (χ0v) is 9.38. The Bertz CT molecular complexity index is 532. The molecule has 0 aromatic heterocycles. The smallest absolute Gasteiger partial charge is 0.186 e. The van der Waals surface area contributed by atoms with Gasteiger partial charge in [-0.1, -0.05) is 27.5 Å². The molecule has 1 heterocycles. The van der Waals surface area contributed by atoms with Crippen LogP contribution in [-0.4, -0.2) is 11.6 Å². The molecular weight excluding hydrogens is 265 g/mol. The number of hydrogen-bond donors (Lipinski definition) is 0. The molecule has 3 nitrogen and oxygen atoms in total. The second-order valence-corrected chi connectivity index (χ2v) is 4.05. The minimum atomic E-state index is 0.296. The summed E-state index contributed by atoms with van der Waals surface area (Å²) in [4.78, 5) is 5.56. The van der Waals surface area contributed by atoms with Crippen molar-refractivity contribution < 1.29 is 0 Å². The molecule has 1 aromatic rings. The SMILES string of the molecule is N#CN1CN=c2ccc(Br)cc2=C1Cl. The van der Waals surface area contributed by atoms with E-state index < -0.39 is 0 Å². The molecule has 0 spiro atoms. The summed E-state index contributed by atoms with van der Waals surface area (Å²) >= 11 is 9.37. The molecule has 1 aliphatic heterocycles. The first-order valence-electron chi connectivity index (χ1n) is 3.89. The number of fused-ring (bicyclic) bond motifs is 1. The van der Waals surface area contributed by atoms with E-state index >= 15 is 0 Å². The van der Waals surface area contributed by atoms with Crippen molar-refractivity contribution in [2.45, 2.75) is 0 Å². The van der Waals surface area contributed by atoms with Crippen LogP contribution in [0.15, 0.2) is 27.7 Å². The minimum Gasteiger partial charge on any atom is -0.262 e. The van der Waals surface area contributed by atoms with E-state index in [9.17, 15) is 0 Å². The summed E-state index contributed by atoms with van der Waals surface area (Å²) in [5.41, 5.74) is 0. The third-order valence-electron chi connectivity index (χ3n) is 1.92. The molecule has 2 rings (SSSR count). The number of benzene rings is 1. The molecule has 0 bridgehead atoms. The number of rotatable bonds is 0. The van der Waals surface area contributed by atoms with E-state index in [1.54, 1.807) is 0 Å².